The lowest BCUT2D eigenvalue weighted by molar-refractivity contribution is 0.277. The van der Waals surface area contributed by atoms with Gasteiger partial charge in [0.05, 0.1) is 13.7 Å². The van der Waals surface area contributed by atoms with Gasteiger partial charge in [0.15, 0.2) is 0 Å². The number of nitrogens with zero attached hydrogens (tertiary/aromatic N) is 5. The molecule has 0 fully saturated rings. The second kappa shape index (κ2) is 10.1. The van der Waals surface area contributed by atoms with E-state index >= 15 is 0 Å². The molecular formula is C14H24ClN5O2. The summed E-state index contributed by atoms with van der Waals surface area (Å²) in [4.78, 5) is 3.98. The normalized spacial score (nSPS) is 10.0. The van der Waals surface area contributed by atoms with Gasteiger partial charge in [-0.15, -0.1) is 22.6 Å². The van der Waals surface area contributed by atoms with E-state index in [-0.39, 0.29) is 17.9 Å². The van der Waals surface area contributed by atoms with Gasteiger partial charge in [-0.3, -0.25) is 0 Å². The van der Waals surface area contributed by atoms with E-state index in [9.17, 15) is 0 Å². The largest absolute Gasteiger partial charge is 0.497 e. The topological polar surface area (TPSA) is 87.6 Å². The third-order valence-electron chi connectivity index (χ3n) is 3.31. The van der Waals surface area contributed by atoms with Crippen LogP contribution < -0.4 is 4.74 Å². The average Bonchev–Trinajstić information content (AvgIpc) is 2.97. The number of halogens is 1. The lowest BCUT2D eigenvalue weighted by atomic mass is 10.2. The first kappa shape index (κ1) is 20.3. The molecule has 0 aliphatic rings. The molecule has 2 aromatic rings. The monoisotopic (exact) mass is 329 g/mol. The molecule has 0 amide bonds. The van der Waals surface area contributed by atoms with Crippen molar-refractivity contribution in [3.05, 3.63) is 24.3 Å². The number of hydrogen-bond donors (Lipinski definition) is 0. The minimum Gasteiger partial charge on any atom is -0.497 e. The number of likely N-dealkylation sites (N-methyl/N-ethyl adjacent to an activating group) is 1. The van der Waals surface area contributed by atoms with E-state index in [1.54, 1.807) is 11.9 Å². The van der Waals surface area contributed by atoms with Gasteiger partial charge in [-0.1, -0.05) is 13.8 Å². The minimum atomic E-state index is 0. The van der Waals surface area contributed by atoms with Gasteiger partial charge < -0.3 is 15.1 Å². The van der Waals surface area contributed by atoms with Gasteiger partial charge in [0.2, 0.25) is 5.82 Å². The van der Waals surface area contributed by atoms with Gasteiger partial charge in [-0.05, 0) is 42.6 Å². The Morgan fingerprint density at radius 2 is 1.77 bits per heavy atom. The van der Waals surface area contributed by atoms with Crippen LogP contribution in [0.3, 0.4) is 0 Å². The summed E-state index contributed by atoms with van der Waals surface area (Å²) in [6.07, 6.45) is 0. The van der Waals surface area contributed by atoms with E-state index in [1.165, 1.54) is 0 Å². The third-order valence-corrected chi connectivity index (χ3v) is 3.31. The number of aromatic nitrogens is 4. The summed E-state index contributed by atoms with van der Waals surface area (Å²) in [7, 11) is 1.65. The van der Waals surface area contributed by atoms with E-state index < -0.39 is 0 Å². The van der Waals surface area contributed by atoms with E-state index in [4.69, 9.17) is 4.74 Å². The van der Waals surface area contributed by atoms with Crippen LogP contribution in [0.1, 0.15) is 13.8 Å². The molecule has 2 rings (SSSR count). The number of hydrogen-bond acceptors (Lipinski definition) is 5. The Kier molecular flexibility index (Phi) is 9.32. The fraction of sp³-hybridized carbons (Fsp3) is 0.500. The van der Waals surface area contributed by atoms with Gasteiger partial charge in [0.1, 0.15) is 5.75 Å². The molecule has 124 valence electrons. The fourth-order valence-corrected chi connectivity index (χ4v) is 1.96. The average molecular weight is 330 g/mol. The molecule has 1 aromatic carbocycles. The first-order valence-electron chi connectivity index (χ1n) is 6.91. The maximum absolute atomic E-state index is 5.13. The highest BCUT2D eigenvalue weighted by molar-refractivity contribution is 5.85. The molecule has 1 heterocycles. The number of ether oxygens (including phenoxy) is 1. The van der Waals surface area contributed by atoms with Crippen molar-refractivity contribution >= 4 is 12.4 Å². The summed E-state index contributed by atoms with van der Waals surface area (Å²) in [5.41, 5.74) is 0.944. The Hall–Kier alpha value is -1.70. The van der Waals surface area contributed by atoms with Crippen LogP contribution in [-0.4, -0.2) is 57.3 Å². The predicted molar refractivity (Wildman–Crippen MR) is 88.5 cm³/mol. The molecular weight excluding hydrogens is 306 g/mol. The zero-order valence-corrected chi connectivity index (χ0v) is 14.0. The van der Waals surface area contributed by atoms with Crippen molar-refractivity contribution < 1.29 is 10.2 Å². The second-order valence-corrected chi connectivity index (χ2v) is 4.46. The van der Waals surface area contributed by atoms with E-state index in [0.717, 1.165) is 37.5 Å². The first-order chi connectivity index (χ1) is 9.76. The molecule has 0 aliphatic heterocycles. The Morgan fingerprint density at radius 1 is 1.14 bits per heavy atom. The maximum atomic E-state index is 5.13. The van der Waals surface area contributed by atoms with Crippen molar-refractivity contribution in [2.24, 2.45) is 0 Å². The summed E-state index contributed by atoms with van der Waals surface area (Å²) >= 11 is 0. The highest BCUT2D eigenvalue weighted by Gasteiger charge is 2.07. The van der Waals surface area contributed by atoms with Crippen molar-refractivity contribution in [2.75, 3.05) is 26.7 Å². The zero-order valence-electron chi connectivity index (χ0n) is 13.2. The number of benzene rings is 1. The Morgan fingerprint density at radius 3 is 2.32 bits per heavy atom. The molecule has 0 radical (unpaired) electrons. The maximum Gasteiger partial charge on any atom is 0.204 e. The fourth-order valence-electron chi connectivity index (χ4n) is 1.96. The van der Waals surface area contributed by atoms with Crippen LogP contribution in [0.5, 0.6) is 5.75 Å². The van der Waals surface area contributed by atoms with Crippen molar-refractivity contribution in [3.8, 4) is 17.1 Å². The molecule has 2 N–H and O–H groups in total. The van der Waals surface area contributed by atoms with Crippen molar-refractivity contribution in [1.29, 1.82) is 0 Å². The zero-order chi connectivity index (χ0) is 14.4. The van der Waals surface area contributed by atoms with Gasteiger partial charge >= 0.3 is 0 Å². The smallest absolute Gasteiger partial charge is 0.204 e. The van der Waals surface area contributed by atoms with E-state index in [1.807, 2.05) is 24.3 Å². The number of rotatable bonds is 7. The summed E-state index contributed by atoms with van der Waals surface area (Å²) in [5.74, 6) is 1.47. The predicted octanol–water partition coefficient (Wildman–Crippen LogP) is 1.29. The highest BCUT2D eigenvalue weighted by Crippen LogP contribution is 2.18. The van der Waals surface area contributed by atoms with Crippen LogP contribution in [-0.2, 0) is 6.54 Å². The molecule has 7 nitrogen and oxygen atoms in total. The van der Waals surface area contributed by atoms with Gasteiger partial charge in [-0.25, -0.2) is 0 Å². The molecule has 0 atom stereocenters. The molecule has 8 heteroatoms. The summed E-state index contributed by atoms with van der Waals surface area (Å²) in [6, 6.07) is 7.66. The standard InChI is InChI=1S/C14H21N5O.ClH.H2O/c1-4-18(5-2)10-11-19-16-14(15-17-19)12-6-8-13(20-3)9-7-12;;/h6-9H,4-5,10-11H2,1-3H3;1H;1H2. The van der Waals surface area contributed by atoms with Crippen LogP contribution >= 0.6 is 12.4 Å². The molecule has 0 saturated carbocycles. The van der Waals surface area contributed by atoms with Crippen LogP contribution in [0.2, 0.25) is 0 Å². The third kappa shape index (κ3) is 5.25. The Balaban J connectivity index is 0.00000220. The summed E-state index contributed by atoms with van der Waals surface area (Å²) in [6.45, 7) is 8.07. The Labute approximate surface area is 137 Å². The lowest BCUT2D eigenvalue weighted by Gasteiger charge is -2.16. The van der Waals surface area contributed by atoms with E-state index in [0.29, 0.717) is 5.82 Å². The van der Waals surface area contributed by atoms with Crippen LogP contribution in [0, 0.1) is 0 Å². The van der Waals surface area contributed by atoms with Gasteiger partial charge in [0.25, 0.3) is 0 Å². The molecule has 0 bridgehead atoms. The van der Waals surface area contributed by atoms with Crippen molar-refractivity contribution in [2.45, 2.75) is 20.4 Å². The summed E-state index contributed by atoms with van der Waals surface area (Å²) in [5, 5.41) is 12.6. The van der Waals surface area contributed by atoms with Crippen LogP contribution in [0.25, 0.3) is 11.4 Å². The van der Waals surface area contributed by atoms with Gasteiger partial charge in [-0.2, -0.15) is 4.80 Å². The van der Waals surface area contributed by atoms with Crippen molar-refractivity contribution in [1.82, 2.24) is 25.1 Å². The van der Waals surface area contributed by atoms with Crippen LogP contribution in [0.4, 0.5) is 0 Å². The van der Waals surface area contributed by atoms with Crippen LogP contribution in [0.15, 0.2) is 24.3 Å². The highest BCUT2D eigenvalue weighted by atomic mass is 35.5. The number of tetrazole rings is 1. The molecule has 0 saturated heterocycles. The Bertz CT molecular complexity index is 528. The molecule has 0 spiro atoms. The summed E-state index contributed by atoms with van der Waals surface area (Å²) < 4.78 is 5.13. The minimum absolute atomic E-state index is 0. The van der Waals surface area contributed by atoms with Gasteiger partial charge in [0, 0.05) is 12.1 Å². The SMILES string of the molecule is CCN(CC)CCn1nnc(-c2ccc(OC)cc2)n1.Cl.O. The lowest BCUT2D eigenvalue weighted by Crippen LogP contribution is -2.27. The molecule has 0 aliphatic carbocycles. The molecule has 0 unspecified atom stereocenters. The second-order valence-electron chi connectivity index (χ2n) is 4.46. The van der Waals surface area contributed by atoms with E-state index in [2.05, 4.69) is 34.2 Å². The van der Waals surface area contributed by atoms with Crippen molar-refractivity contribution in [3.63, 3.8) is 0 Å². The molecule has 1 aromatic heterocycles. The number of methoxy groups -OCH3 is 1. The quantitative estimate of drug-likeness (QED) is 0.763. The molecule has 22 heavy (non-hydrogen) atoms. The first-order valence-corrected chi connectivity index (χ1v) is 6.91.